The lowest BCUT2D eigenvalue weighted by Gasteiger charge is -2.30. The Morgan fingerprint density at radius 3 is 2.44 bits per heavy atom. The average Bonchev–Trinajstić information content (AvgIpc) is 2.42. The molecule has 0 spiro atoms. The van der Waals surface area contributed by atoms with Crippen molar-refractivity contribution in [3.8, 4) is 0 Å². The zero-order valence-corrected chi connectivity index (χ0v) is 11.6. The third-order valence-electron chi connectivity index (χ3n) is 3.20. The van der Waals surface area contributed by atoms with E-state index in [9.17, 15) is 4.79 Å². The monoisotopic (exact) mass is 248 g/mol. The van der Waals surface area contributed by atoms with Gasteiger partial charge in [0.2, 0.25) is 5.91 Å². The van der Waals surface area contributed by atoms with Gasteiger partial charge in [-0.05, 0) is 26.0 Å². The standard InChI is InChI=1S/C15H24N2O/c1-4-14(13-9-7-6-8-10-13)17(5-2)15(18)11-12-16-3/h6-10,14,16H,4-5,11-12H2,1-3H3. The van der Waals surface area contributed by atoms with Crippen molar-refractivity contribution in [2.24, 2.45) is 0 Å². The molecule has 1 aromatic carbocycles. The molecular weight excluding hydrogens is 224 g/mol. The van der Waals surface area contributed by atoms with Crippen LogP contribution < -0.4 is 5.32 Å². The number of amides is 1. The number of rotatable bonds is 7. The first-order valence-electron chi connectivity index (χ1n) is 6.73. The molecule has 18 heavy (non-hydrogen) atoms. The largest absolute Gasteiger partial charge is 0.336 e. The second-order valence-electron chi connectivity index (χ2n) is 4.37. The number of hydrogen-bond donors (Lipinski definition) is 1. The van der Waals surface area contributed by atoms with Gasteiger partial charge in [0.05, 0.1) is 6.04 Å². The maximum atomic E-state index is 12.2. The highest BCUT2D eigenvalue weighted by Crippen LogP contribution is 2.24. The van der Waals surface area contributed by atoms with Gasteiger partial charge in [-0.1, -0.05) is 37.3 Å². The van der Waals surface area contributed by atoms with E-state index in [0.29, 0.717) is 6.42 Å². The molecule has 0 aliphatic carbocycles. The van der Waals surface area contributed by atoms with Crippen LogP contribution in [0.3, 0.4) is 0 Å². The SMILES string of the molecule is CCC(c1ccccc1)N(CC)C(=O)CCNC. The lowest BCUT2D eigenvalue weighted by Crippen LogP contribution is -2.35. The number of hydrogen-bond acceptors (Lipinski definition) is 2. The third kappa shape index (κ3) is 3.84. The van der Waals surface area contributed by atoms with Gasteiger partial charge in [0.25, 0.3) is 0 Å². The molecule has 1 aromatic rings. The van der Waals surface area contributed by atoms with Gasteiger partial charge in [0, 0.05) is 19.5 Å². The van der Waals surface area contributed by atoms with E-state index in [0.717, 1.165) is 19.5 Å². The molecule has 0 saturated heterocycles. The van der Waals surface area contributed by atoms with Gasteiger partial charge in [-0.15, -0.1) is 0 Å². The summed E-state index contributed by atoms with van der Waals surface area (Å²) in [7, 11) is 1.87. The third-order valence-corrected chi connectivity index (χ3v) is 3.20. The Morgan fingerprint density at radius 2 is 1.94 bits per heavy atom. The summed E-state index contributed by atoms with van der Waals surface area (Å²) in [6, 6.07) is 10.5. The molecule has 1 unspecified atom stereocenters. The van der Waals surface area contributed by atoms with Crippen molar-refractivity contribution in [1.82, 2.24) is 10.2 Å². The molecule has 3 heteroatoms. The fourth-order valence-corrected chi connectivity index (χ4v) is 2.26. The van der Waals surface area contributed by atoms with Crippen LogP contribution in [0.1, 0.15) is 38.3 Å². The van der Waals surface area contributed by atoms with Crippen LogP contribution in [0.25, 0.3) is 0 Å². The smallest absolute Gasteiger partial charge is 0.224 e. The van der Waals surface area contributed by atoms with Crippen molar-refractivity contribution < 1.29 is 4.79 Å². The van der Waals surface area contributed by atoms with Crippen molar-refractivity contribution in [3.05, 3.63) is 35.9 Å². The van der Waals surface area contributed by atoms with Gasteiger partial charge >= 0.3 is 0 Å². The first-order valence-corrected chi connectivity index (χ1v) is 6.73. The Labute approximate surface area is 110 Å². The molecule has 0 aliphatic heterocycles. The molecule has 0 saturated carbocycles. The van der Waals surface area contributed by atoms with Crippen LogP contribution in [-0.2, 0) is 4.79 Å². The van der Waals surface area contributed by atoms with Crippen LogP contribution in [-0.4, -0.2) is 30.9 Å². The van der Waals surface area contributed by atoms with Crippen LogP contribution in [0, 0.1) is 0 Å². The number of carbonyl (C=O) groups is 1. The molecule has 0 heterocycles. The van der Waals surface area contributed by atoms with Crippen LogP contribution in [0.2, 0.25) is 0 Å². The number of carbonyl (C=O) groups excluding carboxylic acids is 1. The van der Waals surface area contributed by atoms with Crippen LogP contribution in [0.5, 0.6) is 0 Å². The van der Waals surface area contributed by atoms with Crippen molar-refractivity contribution in [2.75, 3.05) is 20.1 Å². The summed E-state index contributed by atoms with van der Waals surface area (Å²) in [5.74, 6) is 0.225. The fraction of sp³-hybridized carbons (Fsp3) is 0.533. The highest BCUT2D eigenvalue weighted by molar-refractivity contribution is 5.76. The van der Waals surface area contributed by atoms with E-state index in [-0.39, 0.29) is 11.9 Å². The van der Waals surface area contributed by atoms with Crippen molar-refractivity contribution in [2.45, 2.75) is 32.7 Å². The molecule has 1 amide bonds. The van der Waals surface area contributed by atoms with Gasteiger partial charge in [-0.3, -0.25) is 4.79 Å². The molecule has 0 radical (unpaired) electrons. The highest BCUT2D eigenvalue weighted by Gasteiger charge is 2.21. The maximum Gasteiger partial charge on any atom is 0.224 e. The normalized spacial score (nSPS) is 12.2. The van der Waals surface area contributed by atoms with Crippen molar-refractivity contribution >= 4 is 5.91 Å². The summed E-state index contributed by atoms with van der Waals surface area (Å²) in [5.41, 5.74) is 1.22. The topological polar surface area (TPSA) is 32.3 Å². The molecule has 100 valence electrons. The summed E-state index contributed by atoms with van der Waals surface area (Å²) in [5, 5.41) is 3.03. The van der Waals surface area contributed by atoms with Crippen molar-refractivity contribution in [1.29, 1.82) is 0 Å². The second kappa shape index (κ2) is 7.88. The average molecular weight is 248 g/mol. The number of nitrogens with one attached hydrogen (secondary N) is 1. The first kappa shape index (κ1) is 14.7. The van der Waals surface area contributed by atoms with Gasteiger partial charge in [0.1, 0.15) is 0 Å². The minimum Gasteiger partial charge on any atom is -0.336 e. The summed E-state index contributed by atoms with van der Waals surface area (Å²) in [4.78, 5) is 14.2. The van der Waals surface area contributed by atoms with Gasteiger partial charge in [-0.2, -0.15) is 0 Å². The summed E-state index contributed by atoms with van der Waals surface area (Å²) >= 11 is 0. The van der Waals surface area contributed by atoms with E-state index in [4.69, 9.17) is 0 Å². The first-order chi connectivity index (χ1) is 8.74. The van der Waals surface area contributed by atoms with Gasteiger partial charge < -0.3 is 10.2 Å². The van der Waals surface area contributed by atoms with E-state index in [1.54, 1.807) is 0 Å². The molecule has 0 aromatic heterocycles. The Kier molecular flexibility index (Phi) is 6.44. The summed E-state index contributed by atoms with van der Waals surface area (Å²) in [6.07, 6.45) is 1.51. The predicted molar refractivity (Wildman–Crippen MR) is 75.4 cm³/mol. The molecule has 1 atom stereocenters. The van der Waals surface area contributed by atoms with Crippen LogP contribution in [0.15, 0.2) is 30.3 Å². The van der Waals surface area contributed by atoms with E-state index < -0.39 is 0 Å². The van der Waals surface area contributed by atoms with E-state index in [1.165, 1.54) is 5.56 Å². The Balaban J connectivity index is 2.81. The second-order valence-corrected chi connectivity index (χ2v) is 4.37. The molecule has 3 nitrogen and oxygen atoms in total. The van der Waals surface area contributed by atoms with Crippen LogP contribution >= 0.6 is 0 Å². The van der Waals surface area contributed by atoms with Crippen molar-refractivity contribution in [3.63, 3.8) is 0 Å². The van der Waals surface area contributed by atoms with E-state index >= 15 is 0 Å². The Hall–Kier alpha value is -1.35. The maximum absolute atomic E-state index is 12.2. The summed E-state index contributed by atoms with van der Waals surface area (Å²) < 4.78 is 0. The molecular formula is C15H24N2O. The van der Waals surface area contributed by atoms with E-state index in [1.807, 2.05) is 37.1 Å². The fourth-order valence-electron chi connectivity index (χ4n) is 2.26. The highest BCUT2D eigenvalue weighted by atomic mass is 16.2. The van der Waals surface area contributed by atoms with Crippen LogP contribution in [0.4, 0.5) is 0 Å². The number of nitrogens with zero attached hydrogens (tertiary/aromatic N) is 1. The van der Waals surface area contributed by atoms with Gasteiger partial charge in [-0.25, -0.2) is 0 Å². The zero-order valence-electron chi connectivity index (χ0n) is 11.6. The summed E-state index contributed by atoms with van der Waals surface area (Å²) in [6.45, 7) is 5.67. The molecule has 0 bridgehead atoms. The molecule has 1 rings (SSSR count). The number of benzene rings is 1. The lowest BCUT2D eigenvalue weighted by atomic mass is 10.0. The Morgan fingerprint density at radius 1 is 1.28 bits per heavy atom. The molecule has 0 aliphatic rings. The molecule has 0 fully saturated rings. The minimum absolute atomic E-state index is 0.195. The molecule has 1 N–H and O–H groups in total. The zero-order chi connectivity index (χ0) is 13.4. The minimum atomic E-state index is 0.195. The lowest BCUT2D eigenvalue weighted by molar-refractivity contribution is -0.133. The van der Waals surface area contributed by atoms with E-state index in [2.05, 4.69) is 24.4 Å². The predicted octanol–water partition coefficient (Wildman–Crippen LogP) is 2.60. The van der Waals surface area contributed by atoms with Gasteiger partial charge in [0.15, 0.2) is 0 Å². The Bertz CT molecular complexity index is 351. The quantitative estimate of drug-likeness (QED) is 0.804.